The lowest BCUT2D eigenvalue weighted by atomic mass is 10.2. The summed E-state index contributed by atoms with van der Waals surface area (Å²) in [5, 5.41) is 1.57. The third kappa shape index (κ3) is 4.65. The summed E-state index contributed by atoms with van der Waals surface area (Å²) in [6.07, 6.45) is 0. The Kier molecular flexibility index (Phi) is 6.15. The van der Waals surface area contributed by atoms with Crippen LogP contribution in [-0.2, 0) is 0 Å². The van der Waals surface area contributed by atoms with Crippen LogP contribution in [0.4, 0.5) is 0 Å². The van der Waals surface area contributed by atoms with Crippen molar-refractivity contribution in [1.29, 1.82) is 0 Å². The van der Waals surface area contributed by atoms with Crippen molar-refractivity contribution in [2.24, 2.45) is 5.73 Å². The van der Waals surface area contributed by atoms with E-state index in [0.29, 0.717) is 45.3 Å². The van der Waals surface area contributed by atoms with Gasteiger partial charge < -0.3 is 15.2 Å². The van der Waals surface area contributed by atoms with Crippen molar-refractivity contribution in [3.8, 4) is 11.5 Å². The molecule has 0 aliphatic heterocycles. The molecule has 0 unspecified atom stereocenters. The van der Waals surface area contributed by atoms with Gasteiger partial charge in [0.15, 0.2) is 0 Å². The Morgan fingerprint density at radius 3 is 2.18 bits per heavy atom. The Labute approximate surface area is 148 Å². The summed E-state index contributed by atoms with van der Waals surface area (Å²) in [4.78, 5) is 0.219. The number of rotatable bonds is 6. The molecule has 0 radical (unpaired) electrons. The summed E-state index contributed by atoms with van der Waals surface area (Å²) in [6, 6.07) is 10.1. The van der Waals surface area contributed by atoms with Gasteiger partial charge in [-0.1, -0.05) is 47.0 Å². The van der Waals surface area contributed by atoms with Gasteiger partial charge in [0.05, 0.1) is 10.6 Å². The summed E-state index contributed by atoms with van der Waals surface area (Å²) < 4.78 is 11.1. The van der Waals surface area contributed by atoms with Crippen LogP contribution in [0.1, 0.15) is 5.56 Å². The first-order valence-electron chi connectivity index (χ1n) is 6.27. The summed E-state index contributed by atoms with van der Waals surface area (Å²) in [5.41, 5.74) is 6.23. The minimum atomic E-state index is 0.219. The molecule has 3 nitrogen and oxygen atoms in total. The lowest BCUT2D eigenvalue weighted by Crippen LogP contribution is -2.14. The molecule has 0 spiro atoms. The van der Waals surface area contributed by atoms with Crippen LogP contribution in [0.2, 0.25) is 15.1 Å². The maximum absolute atomic E-state index is 6.00. The summed E-state index contributed by atoms with van der Waals surface area (Å²) in [6.45, 7) is 0.583. The molecular formula is C15H12Cl3NO2S. The number of hydrogen-bond acceptors (Lipinski definition) is 3. The van der Waals surface area contributed by atoms with Gasteiger partial charge in [0.2, 0.25) is 0 Å². The molecule has 0 aliphatic carbocycles. The molecule has 0 fully saturated rings. The van der Waals surface area contributed by atoms with Gasteiger partial charge in [-0.2, -0.15) is 0 Å². The van der Waals surface area contributed by atoms with Gasteiger partial charge >= 0.3 is 0 Å². The fourth-order valence-electron chi connectivity index (χ4n) is 1.71. The highest BCUT2D eigenvalue weighted by Crippen LogP contribution is 2.28. The maximum atomic E-state index is 6.00. The fourth-order valence-corrected chi connectivity index (χ4v) is 2.38. The molecule has 0 saturated heterocycles. The Balaban J connectivity index is 1.94. The predicted molar refractivity (Wildman–Crippen MR) is 94.8 cm³/mol. The number of ether oxygens (including phenoxy) is 2. The van der Waals surface area contributed by atoms with E-state index in [4.69, 9.17) is 62.2 Å². The topological polar surface area (TPSA) is 44.5 Å². The van der Waals surface area contributed by atoms with Gasteiger partial charge in [0, 0.05) is 16.1 Å². The van der Waals surface area contributed by atoms with E-state index in [0.717, 1.165) is 0 Å². The highest BCUT2D eigenvalue weighted by atomic mass is 35.5. The second-order valence-corrected chi connectivity index (χ2v) is 6.00. The molecule has 0 saturated carbocycles. The zero-order valence-electron chi connectivity index (χ0n) is 11.3. The minimum absolute atomic E-state index is 0.219. The molecule has 0 aliphatic rings. The van der Waals surface area contributed by atoms with Crippen LogP contribution in [0, 0.1) is 0 Å². The van der Waals surface area contributed by atoms with E-state index in [1.165, 1.54) is 0 Å². The Hall–Kier alpha value is -1.20. The molecule has 2 rings (SSSR count). The van der Waals surface area contributed by atoms with Gasteiger partial charge in [-0.15, -0.1) is 0 Å². The van der Waals surface area contributed by atoms with Crippen LogP contribution in [0.15, 0.2) is 36.4 Å². The Morgan fingerprint density at radius 2 is 1.50 bits per heavy atom. The molecule has 0 amide bonds. The predicted octanol–water partition coefficient (Wildman–Crippen LogP) is 4.74. The third-order valence-electron chi connectivity index (χ3n) is 2.70. The lowest BCUT2D eigenvalue weighted by Gasteiger charge is -2.12. The third-order valence-corrected chi connectivity index (χ3v) is 3.70. The van der Waals surface area contributed by atoms with Crippen molar-refractivity contribution in [3.05, 3.63) is 57.0 Å². The molecule has 7 heteroatoms. The first-order chi connectivity index (χ1) is 10.5. The van der Waals surface area contributed by atoms with Crippen LogP contribution in [-0.4, -0.2) is 18.2 Å². The smallest absolute Gasteiger partial charge is 0.139 e. The van der Waals surface area contributed by atoms with E-state index < -0.39 is 0 Å². The number of nitrogens with two attached hydrogens (primary N) is 1. The van der Waals surface area contributed by atoms with E-state index in [1.807, 2.05) is 0 Å². The molecule has 2 aromatic rings. The second kappa shape index (κ2) is 7.88. The number of hydrogen-bond donors (Lipinski definition) is 1. The van der Waals surface area contributed by atoms with Crippen LogP contribution >= 0.6 is 47.0 Å². The monoisotopic (exact) mass is 375 g/mol. The lowest BCUT2D eigenvalue weighted by molar-refractivity contribution is 0.217. The van der Waals surface area contributed by atoms with Crippen molar-refractivity contribution in [3.63, 3.8) is 0 Å². The quantitative estimate of drug-likeness (QED) is 0.584. The van der Waals surface area contributed by atoms with Crippen LogP contribution in [0.5, 0.6) is 11.5 Å². The van der Waals surface area contributed by atoms with Crippen molar-refractivity contribution in [2.45, 2.75) is 0 Å². The highest BCUT2D eigenvalue weighted by Gasteiger charge is 2.08. The molecule has 116 valence electrons. The van der Waals surface area contributed by atoms with E-state index in [9.17, 15) is 0 Å². The zero-order valence-corrected chi connectivity index (χ0v) is 14.4. The van der Waals surface area contributed by atoms with Crippen LogP contribution in [0.3, 0.4) is 0 Å². The summed E-state index contributed by atoms with van der Waals surface area (Å²) in [7, 11) is 0. The average molecular weight is 377 g/mol. The van der Waals surface area contributed by atoms with Gasteiger partial charge in [0.1, 0.15) is 29.7 Å². The zero-order chi connectivity index (χ0) is 16.1. The highest BCUT2D eigenvalue weighted by molar-refractivity contribution is 7.80. The Morgan fingerprint density at radius 1 is 0.909 bits per heavy atom. The van der Waals surface area contributed by atoms with Gasteiger partial charge in [0.25, 0.3) is 0 Å². The summed E-state index contributed by atoms with van der Waals surface area (Å²) in [5.74, 6) is 1.06. The molecule has 2 N–H and O–H groups in total. The average Bonchev–Trinajstić information content (AvgIpc) is 2.48. The SMILES string of the molecule is NC(=S)c1cc(Cl)ccc1OCCOc1cc(Cl)ccc1Cl. The molecule has 22 heavy (non-hydrogen) atoms. The van der Waals surface area contributed by atoms with Crippen LogP contribution in [0.25, 0.3) is 0 Å². The normalized spacial score (nSPS) is 10.3. The molecular weight excluding hydrogens is 365 g/mol. The molecule has 0 heterocycles. The van der Waals surface area contributed by atoms with E-state index in [-0.39, 0.29) is 4.99 Å². The van der Waals surface area contributed by atoms with Gasteiger partial charge in [-0.25, -0.2) is 0 Å². The minimum Gasteiger partial charge on any atom is -0.489 e. The van der Waals surface area contributed by atoms with Gasteiger partial charge in [-0.3, -0.25) is 0 Å². The molecule has 0 atom stereocenters. The number of benzene rings is 2. The first kappa shape index (κ1) is 17.2. The van der Waals surface area contributed by atoms with Crippen molar-refractivity contribution in [2.75, 3.05) is 13.2 Å². The maximum Gasteiger partial charge on any atom is 0.139 e. The first-order valence-corrected chi connectivity index (χ1v) is 7.81. The second-order valence-electron chi connectivity index (χ2n) is 4.28. The summed E-state index contributed by atoms with van der Waals surface area (Å²) >= 11 is 22.8. The molecule has 0 aromatic heterocycles. The number of thiocarbonyl (C=S) groups is 1. The van der Waals surface area contributed by atoms with E-state index >= 15 is 0 Å². The van der Waals surface area contributed by atoms with Crippen molar-refractivity contribution >= 4 is 52.0 Å². The van der Waals surface area contributed by atoms with E-state index in [1.54, 1.807) is 36.4 Å². The number of halogens is 3. The standard InChI is InChI=1S/C15H12Cl3NO2S/c16-9-2-4-13(11(7-9)15(19)22)20-5-6-21-14-8-10(17)1-3-12(14)18/h1-4,7-8H,5-6H2,(H2,19,22). The molecule has 0 bridgehead atoms. The van der Waals surface area contributed by atoms with Crippen LogP contribution < -0.4 is 15.2 Å². The molecule has 2 aromatic carbocycles. The van der Waals surface area contributed by atoms with Crippen molar-refractivity contribution in [1.82, 2.24) is 0 Å². The van der Waals surface area contributed by atoms with E-state index in [2.05, 4.69) is 0 Å². The van der Waals surface area contributed by atoms with Gasteiger partial charge in [-0.05, 0) is 30.3 Å². The fraction of sp³-hybridized carbons (Fsp3) is 0.133. The Bertz CT molecular complexity index is 694. The largest absolute Gasteiger partial charge is 0.489 e. The van der Waals surface area contributed by atoms with Crippen molar-refractivity contribution < 1.29 is 9.47 Å².